The summed E-state index contributed by atoms with van der Waals surface area (Å²) in [5.74, 6) is 0. The van der Waals surface area contributed by atoms with Crippen LogP contribution in [0.2, 0.25) is 0 Å². The molecule has 1 aromatic carbocycles. The normalized spacial score (nSPS) is 13.0. The molecule has 1 aromatic heterocycles. The highest BCUT2D eigenvalue weighted by Crippen LogP contribution is 2.25. The van der Waals surface area contributed by atoms with Gasteiger partial charge in [0.1, 0.15) is 6.10 Å². The Bertz CT molecular complexity index is 513. The zero-order valence-corrected chi connectivity index (χ0v) is 9.09. The fourth-order valence-corrected chi connectivity index (χ4v) is 1.58. The second kappa shape index (κ2) is 4.58. The zero-order valence-electron chi connectivity index (χ0n) is 9.09. The Kier molecular flexibility index (Phi) is 3.14. The molecule has 0 fully saturated rings. The van der Waals surface area contributed by atoms with E-state index in [-0.39, 0.29) is 5.56 Å². The van der Waals surface area contributed by atoms with Crippen LogP contribution >= 0.6 is 0 Å². The van der Waals surface area contributed by atoms with Crippen LogP contribution in [-0.4, -0.2) is 20.1 Å². The molecule has 1 N–H and O–H groups in total. The molecule has 1 heterocycles. The Morgan fingerprint density at radius 2 is 2.00 bits per heavy atom. The summed E-state index contributed by atoms with van der Waals surface area (Å²) in [7, 11) is 1.63. The maximum absolute atomic E-state index is 12.5. The molecule has 2 rings (SSSR count). The van der Waals surface area contributed by atoms with Crippen LogP contribution in [-0.2, 0) is 7.05 Å². The summed E-state index contributed by atoms with van der Waals surface area (Å²) in [6.07, 6.45) is -2.15. The summed E-state index contributed by atoms with van der Waals surface area (Å²) >= 11 is 0. The summed E-state index contributed by atoms with van der Waals surface area (Å²) in [5, 5.41) is 17.3. The molecule has 0 saturated heterocycles. The Labute approximate surface area is 96.5 Å². The number of hydrogen-bond acceptors (Lipinski definition) is 3. The highest BCUT2D eigenvalue weighted by Gasteiger charge is 2.16. The number of rotatable bonds is 3. The lowest BCUT2D eigenvalue weighted by molar-refractivity contribution is 0.150. The van der Waals surface area contributed by atoms with Gasteiger partial charge in [-0.3, -0.25) is 0 Å². The van der Waals surface area contributed by atoms with Crippen molar-refractivity contribution in [2.24, 2.45) is 7.05 Å². The molecule has 0 spiro atoms. The Morgan fingerprint density at radius 3 is 2.59 bits per heavy atom. The topological polar surface area (TPSA) is 50.9 Å². The Balaban J connectivity index is 2.34. The highest BCUT2D eigenvalue weighted by atomic mass is 19.3. The van der Waals surface area contributed by atoms with Gasteiger partial charge in [0.15, 0.2) is 0 Å². The molecule has 0 aliphatic heterocycles. The van der Waals surface area contributed by atoms with Crippen molar-refractivity contribution < 1.29 is 13.9 Å². The predicted molar refractivity (Wildman–Crippen MR) is 56.5 cm³/mol. The lowest BCUT2D eigenvalue weighted by Gasteiger charge is -2.11. The third-order valence-electron chi connectivity index (χ3n) is 2.51. The van der Waals surface area contributed by atoms with Crippen molar-refractivity contribution in [2.75, 3.05) is 0 Å². The number of aryl methyl sites for hydroxylation is 1. The maximum Gasteiger partial charge on any atom is 0.263 e. The van der Waals surface area contributed by atoms with Gasteiger partial charge in [-0.15, -0.1) is 5.10 Å². The fourth-order valence-electron chi connectivity index (χ4n) is 1.58. The number of benzene rings is 1. The van der Waals surface area contributed by atoms with Crippen LogP contribution in [0, 0.1) is 0 Å². The Morgan fingerprint density at radius 1 is 1.29 bits per heavy atom. The van der Waals surface area contributed by atoms with E-state index in [0.29, 0.717) is 11.3 Å². The minimum atomic E-state index is -2.55. The van der Waals surface area contributed by atoms with Crippen molar-refractivity contribution in [3.8, 4) is 0 Å². The lowest BCUT2D eigenvalue weighted by Crippen LogP contribution is -2.07. The van der Waals surface area contributed by atoms with Crippen LogP contribution in [0.4, 0.5) is 8.78 Å². The van der Waals surface area contributed by atoms with Crippen molar-refractivity contribution in [3.63, 3.8) is 0 Å². The first-order valence-electron chi connectivity index (χ1n) is 5.00. The monoisotopic (exact) mass is 239 g/mol. The first kappa shape index (κ1) is 11.7. The molecule has 0 saturated carbocycles. The van der Waals surface area contributed by atoms with Crippen LogP contribution < -0.4 is 0 Å². The molecule has 0 amide bonds. The van der Waals surface area contributed by atoms with Gasteiger partial charge in [0.2, 0.25) is 0 Å². The molecule has 0 radical (unpaired) electrons. The molecule has 4 nitrogen and oxygen atoms in total. The number of alkyl halides is 2. The molecule has 17 heavy (non-hydrogen) atoms. The molecular formula is C11H11F2N3O. The van der Waals surface area contributed by atoms with Crippen molar-refractivity contribution in [3.05, 3.63) is 47.3 Å². The van der Waals surface area contributed by atoms with Crippen LogP contribution in [0.5, 0.6) is 0 Å². The number of halogens is 2. The molecule has 0 bridgehead atoms. The van der Waals surface area contributed by atoms with Gasteiger partial charge < -0.3 is 5.11 Å². The van der Waals surface area contributed by atoms with Gasteiger partial charge in [-0.05, 0) is 11.6 Å². The van der Waals surface area contributed by atoms with E-state index in [2.05, 4.69) is 10.3 Å². The zero-order chi connectivity index (χ0) is 12.4. The SMILES string of the molecule is Cn1nncc1C(O)c1cccc(C(F)F)c1. The molecule has 1 unspecified atom stereocenters. The maximum atomic E-state index is 12.5. The predicted octanol–water partition coefficient (Wildman–Crippen LogP) is 1.83. The molecular weight excluding hydrogens is 228 g/mol. The van der Waals surface area contributed by atoms with Gasteiger partial charge in [0.25, 0.3) is 6.43 Å². The minimum absolute atomic E-state index is 0.114. The van der Waals surface area contributed by atoms with Gasteiger partial charge in [-0.25, -0.2) is 13.5 Å². The van der Waals surface area contributed by atoms with Gasteiger partial charge >= 0.3 is 0 Å². The summed E-state index contributed by atoms with van der Waals surface area (Å²) < 4.78 is 26.4. The number of aliphatic hydroxyl groups is 1. The summed E-state index contributed by atoms with van der Waals surface area (Å²) in [4.78, 5) is 0. The van der Waals surface area contributed by atoms with Gasteiger partial charge in [-0.2, -0.15) is 0 Å². The minimum Gasteiger partial charge on any atom is -0.382 e. The molecule has 0 aliphatic rings. The van der Waals surface area contributed by atoms with E-state index in [1.165, 1.54) is 29.1 Å². The van der Waals surface area contributed by atoms with Gasteiger partial charge in [-0.1, -0.05) is 23.4 Å². The van der Waals surface area contributed by atoms with Crippen LogP contribution in [0.1, 0.15) is 29.4 Å². The average molecular weight is 239 g/mol. The van der Waals surface area contributed by atoms with E-state index in [1.807, 2.05) is 0 Å². The molecule has 1 atom stereocenters. The number of hydrogen-bond donors (Lipinski definition) is 1. The molecule has 6 heteroatoms. The van der Waals surface area contributed by atoms with Crippen molar-refractivity contribution in [2.45, 2.75) is 12.5 Å². The highest BCUT2D eigenvalue weighted by molar-refractivity contribution is 5.29. The second-order valence-electron chi connectivity index (χ2n) is 3.66. The number of aromatic nitrogens is 3. The second-order valence-corrected chi connectivity index (χ2v) is 3.66. The number of nitrogens with zero attached hydrogens (tertiary/aromatic N) is 3. The first-order chi connectivity index (χ1) is 8.09. The van der Waals surface area contributed by atoms with Gasteiger partial charge in [0.05, 0.1) is 11.9 Å². The van der Waals surface area contributed by atoms with E-state index in [4.69, 9.17) is 0 Å². The largest absolute Gasteiger partial charge is 0.382 e. The van der Waals surface area contributed by atoms with E-state index < -0.39 is 12.5 Å². The fraction of sp³-hybridized carbons (Fsp3) is 0.273. The smallest absolute Gasteiger partial charge is 0.263 e. The van der Waals surface area contributed by atoms with Crippen molar-refractivity contribution >= 4 is 0 Å². The van der Waals surface area contributed by atoms with Crippen LogP contribution in [0.25, 0.3) is 0 Å². The van der Waals surface area contributed by atoms with E-state index in [1.54, 1.807) is 13.1 Å². The van der Waals surface area contributed by atoms with Crippen LogP contribution in [0.3, 0.4) is 0 Å². The standard InChI is InChI=1S/C11H11F2N3O/c1-16-9(6-14-15-16)10(17)7-3-2-4-8(5-7)11(12)13/h2-6,10-11,17H,1H3. The molecule has 90 valence electrons. The molecule has 2 aromatic rings. The summed E-state index contributed by atoms with van der Waals surface area (Å²) in [6, 6.07) is 5.68. The van der Waals surface area contributed by atoms with Crippen LogP contribution in [0.15, 0.2) is 30.5 Å². The summed E-state index contributed by atoms with van der Waals surface area (Å²) in [6.45, 7) is 0. The van der Waals surface area contributed by atoms with Crippen molar-refractivity contribution in [1.29, 1.82) is 0 Å². The average Bonchev–Trinajstić information content (AvgIpc) is 2.74. The van der Waals surface area contributed by atoms with E-state index in [0.717, 1.165) is 0 Å². The van der Waals surface area contributed by atoms with Crippen molar-refractivity contribution in [1.82, 2.24) is 15.0 Å². The first-order valence-corrected chi connectivity index (χ1v) is 5.00. The number of aliphatic hydroxyl groups excluding tert-OH is 1. The van der Waals surface area contributed by atoms with E-state index >= 15 is 0 Å². The third-order valence-corrected chi connectivity index (χ3v) is 2.51. The van der Waals surface area contributed by atoms with E-state index in [9.17, 15) is 13.9 Å². The quantitative estimate of drug-likeness (QED) is 0.889. The third kappa shape index (κ3) is 2.31. The molecule has 0 aliphatic carbocycles. The Hall–Kier alpha value is -1.82. The van der Waals surface area contributed by atoms with Gasteiger partial charge in [0, 0.05) is 12.6 Å². The lowest BCUT2D eigenvalue weighted by atomic mass is 10.0. The summed E-state index contributed by atoms with van der Waals surface area (Å²) in [5.41, 5.74) is 0.737.